The molecule has 148 valence electrons. The molecule has 0 spiro atoms. The van der Waals surface area contributed by atoms with Crippen molar-refractivity contribution in [2.24, 2.45) is 0 Å². The van der Waals surface area contributed by atoms with Crippen molar-refractivity contribution in [2.75, 3.05) is 12.0 Å². The second-order valence-electron chi connectivity index (χ2n) is 6.76. The quantitative estimate of drug-likeness (QED) is 0.609. The van der Waals surface area contributed by atoms with Crippen LogP contribution >= 0.6 is 11.8 Å². The predicted octanol–water partition coefficient (Wildman–Crippen LogP) is 2.94. The summed E-state index contributed by atoms with van der Waals surface area (Å²) in [7, 11) is 0. The minimum absolute atomic E-state index is 0.221. The number of carbonyl (C=O) groups is 2. The Hall–Kier alpha value is -2.74. The van der Waals surface area contributed by atoms with E-state index in [1.54, 1.807) is 19.4 Å². The minimum atomic E-state index is -1.11. The molecule has 7 nitrogen and oxygen atoms in total. The lowest BCUT2D eigenvalue weighted by Gasteiger charge is -2.14. The van der Waals surface area contributed by atoms with Gasteiger partial charge in [-0.15, -0.1) is 0 Å². The van der Waals surface area contributed by atoms with Crippen LogP contribution in [0, 0.1) is 20.8 Å². The van der Waals surface area contributed by atoms with Crippen molar-refractivity contribution < 1.29 is 23.5 Å². The third kappa shape index (κ3) is 3.52. The SMILES string of the molecule is CSCC(NC(=O)Cc1c(C)c2cc3c(C)coc3c(C)c2oc1=O)C(=O)O. The summed E-state index contributed by atoms with van der Waals surface area (Å²) in [5.74, 6) is -1.41. The van der Waals surface area contributed by atoms with E-state index >= 15 is 0 Å². The number of amides is 1. The number of fused-ring (bicyclic) bond motifs is 2. The molecule has 3 rings (SSSR count). The summed E-state index contributed by atoms with van der Waals surface area (Å²) in [5, 5.41) is 13.3. The van der Waals surface area contributed by atoms with Gasteiger partial charge < -0.3 is 19.3 Å². The Morgan fingerprint density at radius 1 is 1.18 bits per heavy atom. The van der Waals surface area contributed by atoms with Crippen molar-refractivity contribution >= 4 is 45.6 Å². The summed E-state index contributed by atoms with van der Waals surface area (Å²) in [5.41, 5.74) is 3.04. The van der Waals surface area contributed by atoms with E-state index in [4.69, 9.17) is 8.83 Å². The Kier molecular flexibility index (Phi) is 5.51. The molecule has 3 aromatic rings. The molecule has 0 radical (unpaired) electrons. The highest BCUT2D eigenvalue weighted by atomic mass is 32.2. The molecule has 0 aliphatic rings. The molecule has 1 aromatic carbocycles. The van der Waals surface area contributed by atoms with Gasteiger partial charge in [-0.1, -0.05) is 0 Å². The van der Waals surface area contributed by atoms with Crippen molar-refractivity contribution in [2.45, 2.75) is 33.2 Å². The zero-order valence-electron chi connectivity index (χ0n) is 16.0. The molecular formula is C20H21NO6S. The average Bonchev–Trinajstić information content (AvgIpc) is 3.01. The monoisotopic (exact) mass is 403 g/mol. The van der Waals surface area contributed by atoms with Gasteiger partial charge in [0.2, 0.25) is 5.91 Å². The van der Waals surface area contributed by atoms with Gasteiger partial charge in [0.15, 0.2) is 0 Å². The van der Waals surface area contributed by atoms with Gasteiger partial charge in [0.1, 0.15) is 17.2 Å². The second-order valence-corrected chi connectivity index (χ2v) is 7.67. The average molecular weight is 403 g/mol. The fourth-order valence-corrected chi connectivity index (χ4v) is 3.83. The zero-order valence-corrected chi connectivity index (χ0v) is 16.9. The van der Waals surface area contributed by atoms with Gasteiger partial charge in [0.25, 0.3) is 0 Å². The second kappa shape index (κ2) is 7.71. The molecular weight excluding hydrogens is 382 g/mol. The van der Waals surface area contributed by atoms with Crippen LogP contribution in [-0.2, 0) is 16.0 Å². The Bertz CT molecular complexity index is 1140. The first-order valence-electron chi connectivity index (χ1n) is 8.69. The lowest BCUT2D eigenvalue weighted by atomic mass is 9.99. The largest absolute Gasteiger partial charge is 0.480 e. The summed E-state index contributed by atoms with van der Waals surface area (Å²) in [6.07, 6.45) is 3.16. The molecule has 0 bridgehead atoms. The molecule has 1 unspecified atom stereocenters. The Labute approximate surface area is 165 Å². The number of benzene rings is 1. The highest BCUT2D eigenvalue weighted by molar-refractivity contribution is 7.98. The Morgan fingerprint density at radius 3 is 2.54 bits per heavy atom. The van der Waals surface area contributed by atoms with Crippen molar-refractivity contribution in [1.82, 2.24) is 5.32 Å². The lowest BCUT2D eigenvalue weighted by molar-refractivity contribution is -0.141. The topological polar surface area (TPSA) is 110 Å². The molecule has 0 aliphatic carbocycles. The maximum absolute atomic E-state index is 12.5. The van der Waals surface area contributed by atoms with Crippen molar-refractivity contribution in [3.63, 3.8) is 0 Å². The summed E-state index contributed by atoms with van der Waals surface area (Å²) in [6.45, 7) is 5.51. The van der Waals surface area contributed by atoms with Gasteiger partial charge in [-0.3, -0.25) is 4.79 Å². The van der Waals surface area contributed by atoms with Crippen molar-refractivity contribution in [1.29, 1.82) is 0 Å². The fraction of sp³-hybridized carbons (Fsp3) is 0.350. The predicted molar refractivity (Wildman–Crippen MR) is 108 cm³/mol. The summed E-state index contributed by atoms with van der Waals surface area (Å²) in [6, 6.07) is 0.884. The zero-order chi connectivity index (χ0) is 20.6. The molecule has 0 saturated carbocycles. The van der Waals surface area contributed by atoms with Gasteiger partial charge in [0, 0.05) is 22.1 Å². The van der Waals surface area contributed by atoms with Crippen LogP contribution in [0.2, 0.25) is 0 Å². The summed E-state index contributed by atoms with van der Waals surface area (Å²) >= 11 is 1.31. The first kappa shape index (κ1) is 20.0. The first-order valence-corrected chi connectivity index (χ1v) is 10.1. The van der Waals surface area contributed by atoms with Crippen LogP contribution in [0.3, 0.4) is 0 Å². The molecule has 0 fully saturated rings. The smallest absolute Gasteiger partial charge is 0.340 e. The number of hydrogen-bond acceptors (Lipinski definition) is 6. The highest BCUT2D eigenvalue weighted by Gasteiger charge is 2.22. The molecule has 28 heavy (non-hydrogen) atoms. The number of rotatable bonds is 6. The molecule has 2 heterocycles. The third-order valence-corrected chi connectivity index (χ3v) is 5.51. The van der Waals surface area contributed by atoms with Crippen LogP contribution in [0.5, 0.6) is 0 Å². The van der Waals surface area contributed by atoms with Crippen LogP contribution in [0.1, 0.15) is 22.3 Å². The van der Waals surface area contributed by atoms with Crippen LogP contribution in [0.4, 0.5) is 0 Å². The summed E-state index contributed by atoms with van der Waals surface area (Å²) in [4.78, 5) is 36.1. The van der Waals surface area contributed by atoms with Crippen LogP contribution in [0.15, 0.2) is 26.0 Å². The van der Waals surface area contributed by atoms with E-state index in [0.717, 1.165) is 21.9 Å². The number of carboxylic acids is 1. The molecule has 0 aliphatic heterocycles. The van der Waals surface area contributed by atoms with E-state index in [9.17, 15) is 19.5 Å². The molecule has 2 N–H and O–H groups in total. The number of carbonyl (C=O) groups excluding carboxylic acids is 1. The Balaban J connectivity index is 2.03. The summed E-state index contributed by atoms with van der Waals surface area (Å²) < 4.78 is 11.1. The van der Waals surface area contributed by atoms with Gasteiger partial charge in [-0.2, -0.15) is 11.8 Å². The standard InChI is InChI=1S/C20H21NO6S/c1-9-7-26-17-11(3)18-13(5-12(9)17)10(2)14(20(25)27-18)6-16(22)21-15(8-28-4)19(23)24/h5,7,15H,6,8H2,1-4H3,(H,21,22)(H,23,24). The number of aryl methyl sites for hydroxylation is 3. The first-order chi connectivity index (χ1) is 13.2. The number of hydrogen-bond donors (Lipinski definition) is 2. The fourth-order valence-electron chi connectivity index (χ4n) is 3.27. The maximum atomic E-state index is 12.5. The number of nitrogens with one attached hydrogen (secondary N) is 1. The number of aliphatic carboxylic acids is 1. The number of carboxylic acid groups (broad SMARTS) is 1. The van der Waals surface area contributed by atoms with E-state index in [1.807, 2.05) is 19.9 Å². The molecule has 1 amide bonds. The van der Waals surface area contributed by atoms with Gasteiger partial charge in [0.05, 0.1) is 18.2 Å². The van der Waals surface area contributed by atoms with Gasteiger partial charge >= 0.3 is 11.6 Å². The molecule has 8 heteroatoms. The number of furan rings is 1. The van der Waals surface area contributed by atoms with Crippen LogP contribution < -0.4 is 10.9 Å². The molecule has 0 saturated heterocycles. The van der Waals surface area contributed by atoms with Crippen molar-refractivity contribution in [3.8, 4) is 0 Å². The molecule has 1 atom stereocenters. The van der Waals surface area contributed by atoms with E-state index in [1.165, 1.54) is 11.8 Å². The van der Waals surface area contributed by atoms with E-state index in [-0.39, 0.29) is 17.7 Å². The Morgan fingerprint density at radius 2 is 1.89 bits per heavy atom. The third-order valence-electron chi connectivity index (χ3n) is 4.84. The van der Waals surface area contributed by atoms with E-state index in [0.29, 0.717) is 16.7 Å². The van der Waals surface area contributed by atoms with Crippen LogP contribution in [-0.4, -0.2) is 35.0 Å². The van der Waals surface area contributed by atoms with Crippen molar-refractivity contribution in [3.05, 3.63) is 45.0 Å². The lowest BCUT2D eigenvalue weighted by Crippen LogP contribution is -2.43. The van der Waals surface area contributed by atoms with E-state index < -0.39 is 23.5 Å². The highest BCUT2D eigenvalue weighted by Crippen LogP contribution is 2.32. The maximum Gasteiger partial charge on any atom is 0.340 e. The van der Waals surface area contributed by atoms with E-state index in [2.05, 4.69) is 5.32 Å². The van der Waals surface area contributed by atoms with Gasteiger partial charge in [-0.05, 0) is 44.2 Å². The molecule has 2 aromatic heterocycles. The number of thioether (sulfide) groups is 1. The minimum Gasteiger partial charge on any atom is -0.480 e. The normalized spacial score (nSPS) is 12.4. The van der Waals surface area contributed by atoms with Gasteiger partial charge in [-0.25, -0.2) is 9.59 Å². The van der Waals surface area contributed by atoms with Crippen LogP contribution in [0.25, 0.3) is 21.9 Å².